The van der Waals surface area contributed by atoms with E-state index in [1.165, 1.54) is 0 Å². The highest BCUT2D eigenvalue weighted by Gasteiger charge is 2.30. The average Bonchev–Trinajstić information content (AvgIpc) is 2.65. The third-order valence-corrected chi connectivity index (χ3v) is 4.88. The molecule has 0 bridgehead atoms. The Kier molecular flexibility index (Phi) is 7.11. The third-order valence-electron chi connectivity index (χ3n) is 4.88. The number of nitrogens with one attached hydrogen (secondary N) is 1. The summed E-state index contributed by atoms with van der Waals surface area (Å²) in [5.74, 6) is 1.58. The Bertz CT molecular complexity index is 659. The van der Waals surface area contributed by atoms with Gasteiger partial charge in [-0.3, -0.25) is 9.59 Å². The van der Waals surface area contributed by atoms with Crippen LogP contribution in [0.25, 0.3) is 0 Å². The second-order valence-corrected chi connectivity index (χ2v) is 8.07. The first-order valence-corrected chi connectivity index (χ1v) is 9.54. The van der Waals surface area contributed by atoms with Gasteiger partial charge in [0.25, 0.3) is 0 Å². The predicted molar refractivity (Wildman–Crippen MR) is 105 cm³/mol. The second kappa shape index (κ2) is 9.11. The minimum absolute atomic E-state index is 0.0467. The molecule has 1 fully saturated rings. The van der Waals surface area contributed by atoms with Crippen molar-refractivity contribution in [3.63, 3.8) is 0 Å². The molecular formula is C21H32N2O4. The lowest BCUT2D eigenvalue weighted by Gasteiger charge is -2.36. The van der Waals surface area contributed by atoms with Gasteiger partial charge in [-0.25, -0.2) is 0 Å². The number of methoxy groups -OCH3 is 2. The van der Waals surface area contributed by atoms with E-state index in [2.05, 4.69) is 5.32 Å². The molecule has 150 valence electrons. The summed E-state index contributed by atoms with van der Waals surface area (Å²) in [5, 5.41) is 3.11. The van der Waals surface area contributed by atoms with Crippen LogP contribution in [-0.4, -0.2) is 50.1 Å². The van der Waals surface area contributed by atoms with Gasteiger partial charge in [0.05, 0.1) is 14.2 Å². The Labute approximate surface area is 162 Å². The van der Waals surface area contributed by atoms with Gasteiger partial charge in [-0.05, 0) is 37.0 Å². The van der Waals surface area contributed by atoms with E-state index in [-0.39, 0.29) is 23.3 Å². The molecular weight excluding hydrogens is 344 g/mol. The zero-order chi connectivity index (χ0) is 20.0. The van der Waals surface area contributed by atoms with E-state index in [0.717, 1.165) is 18.4 Å². The van der Waals surface area contributed by atoms with Crippen molar-refractivity contribution < 1.29 is 19.1 Å². The van der Waals surface area contributed by atoms with Crippen molar-refractivity contribution in [1.29, 1.82) is 0 Å². The van der Waals surface area contributed by atoms with Crippen molar-refractivity contribution in [3.8, 4) is 11.5 Å². The van der Waals surface area contributed by atoms with Crippen LogP contribution in [0.5, 0.6) is 11.5 Å². The van der Waals surface area contributed by atoms with E-state index >= 15 is 0 Å². The summed E-state index contributed by atoms with van der Waals surface area (Å²) in [6.45, 7) is 7.24. The Morgan fingerprint density at radius 2 is 1.74 bits per heavy atom. The van der Waals surface area contributed by atoms with E-state index < -0.39 is 0 Å². The van der Waals surface area contributed by atoms with Gasteiger partial charge < -0.3 is 19.7 Å². The van der Waals surface area contributed by atoms with Crippen molar-refractivity contribution in [2.75, 3.05) is 27.3 Å². The molecule has 1 heterocycles. The van der Waals surface area contributed by atoms with Gasteiger partial charge in [0.15, 0.2) is 11.5 Å². The highest BCUT2D eigenvalue weighted by atomic mass is 16.5. The fourth-order valence-electron chi connectivity index (χ4n) is 3.30. The topological polar surface area (TPSA) is 67.9 Å². The van der Waals surface area contributed by atoms with Gasteiger partial charge in [0.2, 0.25) is 11.8 Å². The molecule has 0 unspecified atom stereocenters. The number of hydrogen-bond donors (Lipinski definition) is 1. The summed E-state index contributed by atoms with van der Waals surface area (Å²) in [6.07, 6.45) is 2.69. The van der Waals surface area contributed by atoms with Crippen LogP contribution in [0.15, 0.2) is 18.2 Å². The van der Waals surface area contributed by atoms with E-state index in [4.69, 9.17) is 9.47 Å². The SMILES string of the molecule is COc1ccc(CCC(=O)NC2CCN(C(=O)C(C)(C)C)CC2)cc1OC. The number of hydrogen-bond acceptors (Lipinski definition) is 4. The summed E-state index contributed by atoms with van der Waals surface area (Å²) < 4.78 is 10.5. The number of carbonyl (C=O) groups excluding carboxylic acids is 2. The van der Waals surface area contributed by atoms with Gasteiger partial charge in [-0.2, -0.15) is 0 Å². The van der Waals surface area contributed by atoms with Crippen molar-refractivity contribution in [2.24, 2.45) is 5.41 Å². The summed E-state index contributed by atoms with van der Waals surface area (Å²) in [5.41, 5.74) is 0.684. The number of nitrogens with zero attached hydrogens (tertiary/aromatic N) is 1. The number of rotatable bonds is 6. The van der Waals surface area contributed by atoms with Crippen LogP contribution < -0.4 is 14.8 Å². The van der Waals surface area contributed by atoms with Crippen molar-refractivity contribution >= 4 is 11.8 Å². The number of aryl methyl sites for hydroxylation is 1. The van der Waals surface area contributed by atoms with E-state index in [9.17, 15) is 9.59 Å². The zero-order valence-corrected chi connectivity index (χ0v) is 17.1. The smallest absolute Gasteiger partial charge is 0.227 e. The third kappa shape index (κ3) is 5.88. The second-order valence-electron chi connectivity index (χ2n) is 8.07. The standard InChI is InChI=1S/C21H32N2O4/c1-21(2,3)20(25)23-12-10-16(11-13-23)22-19(24)9-7-15-6-8-17(26-4)18(14-15)27-5/h6,8,14,16H,7,9-13H2,1-5H3,(H,22,24). The molecule has 1 N–H and O–H groups in total. The van der Waals surface area contributed by atoms with Gasteiger partial charge in [-0.15, -0.1) is 0 Å². The maximum Gasteiger partial charge on any atom is 0.227 e. The number of amides is 2. The van der Waals surface area contributed by atoms with Crippen LogP contribution in [0.3, 0.4) is 0 Å². The first-order chi connectivity index (χ1) is 12.7. The molecule has 1 aromatic carbocycles. The van der Waals surface area contributed by atoms with Crippen LogP contribution in [0.2, 0.25) is 0 Å². The Hall–Kier alpha value is -2.24. The highest BCUT2D eigenvalue weighted by Crippen LogP contribution is 2.28. The van der Waals surface area contributed by atoms with Gasteiger partial charge in [-0.1, -0.05) is 26.8 Å². The van der Waals surface area contributed by atoms with Crippen LogP contribution >= 0.6 is 0 Å². The van der Waals surface area contributed by atoms with Crippen LogP contribution in [0.1, 0.15) is 45.6 Å². The molecule has 1 saturated heterocycles. The molecule has 1 aliphatic rings. The lowest BCUT2D eigenvalue weighted by atomic mass is 9.93. The molecule has 0 saturated carbocycles. The summed E-state index contributed by atoms with van der Waals surface area (Å²) in [4.78, 5) is 26.5. The van der Waals surface area contributed by atoms with Crippen LogP contribution in [-0.2, 0) is 16.0 Å². The minimum atomic E-state index is -0.352. The molecule has 0 aliphatic carbocycles. The fourth-order valence-corrected chi connectivity index (χ4v) is 3.30. The maximum atomic E-state index is 12.3. The van der Waals surface area contributed by atoms with Gasteiger partial charge in [0, 0.05) is 31.0 Å². The number of likely N-dealkylation sites (tertiary alicyclic amines) is 1. The Balaban J connectivity index is 1.78. The Morgan fingerprint density at radius 1 is 1.11 bits per heavy atom. The first-order valence-electron chi connectivity index (χ1n) is 9.54. The molecule has 1 aromatic rings. The highest BCUT2D eigenvalue weighted by molar-refractivity contribution is 5.81. The minimum Gasteiger partial charge on any atom is -0.493 e. The summed E-state index contributed by atoms with van der Waals surface area (Å²) in [6, 6.07) is 5.86. The largest absolute Gasteiger partial charge is 0.493 e. The maximum absolute atomic E-state index is 12.3. The molecule has 0 aromatic heterocycles. The molecule has 6 nitrogen and oxygen atoms in total. The number of benzene rings is 1. The van der Waals surface area contributed by atoms with Crippen LogP contribution in [0.4, 0.5) is 0 Å². The van der Waals surface area contributed by atoms with E-state index in [1.54, 1.807) is 14.2 Å². The van der Waals surface area contributed by atoms with Gasteiger partial charge in [0.1, 0.15) is 0 Å². The molecule has 1 aliphatic heterocycles. The summed E-state index contributed by atoms with van der Waals surface area (Å²) >= 11 is 0. The number of carbonyl (C=O) groups is 2. The first kappa shape index (κ1) is 21.1. The monoisotopic (exact) mass is 376 g/mol. The van der Waals surface area contributed by atoms with E-state index in [1.807, 2.05) is 43.9 Å². The van der Waals surface area contributed by atoms with Crippen molar-refractivity contribution in [3.05, 3.63) is 23.8 Å². The normalized spacial score (nSPS) is 15.4. The lowest BCUT2D eigenvalue weighted by Crippen LogP contribution is -2.49. The van der Waals surface area contributed by atoms with E-state index in [0.29, 0.717) is 37.4 Å². The zero-order valence-electron chi connectivity index (χ0n) is 17.1. The quantitative estimate of drug-likeness (QED) is 0.829. The molecule has 0 atom stereocenters. The molecule has 2 rings (SSSR count). The number of piperidine rings is 1. The molecule has 0 radical (unpaired) electrons. The van der Waals surface area contributed by atoms with Crippen LogP contribution in [0, 0.1) is 5.41 Å². The summed E-state index contributed by atoms with van der Waals surface area (Å²) in [7, 11) is 3.20. The number of ether oxygens (including phenoxy) is 2. The molecule has 27 heavy (non-hydrogen) atoms. The Morgan fingerprint density at radius 3 is 2.30 bits per heavy atom. The lowest BCUT2D eigenvalue weighted by molar-refractivity contribution is -0.140. The molecule has 2 amide bonds. The predicted octanol–water partition coefficient (Wildman–Crippen LogP) is 2.79. The average molecular weight is 376 g/mol. The molecule has 6 heteroatoms. The van der Waals surface area contributed by atoms with Crippen molar-refractivity contribution in [1.82, 2.24) is 10.2 Å². The fraction of sp³-hybridized carbons (Fsp3) is 0.619. The van der Waals surface area contributed by atoms with Crippen molar-refractivity contribution in [2.45, 2.75) is 52.5 Å². The van der Waals surface area contributed by atoms with Gasteiger partial charge >= 0.3 is 0 Å². The molecule has 0 spiro atoms.